The Hall–Kier alpha value is -9.33. The molecule has 0 N–H and O–H groups in total. The van der Waals surface area contributed by atoms with Crippen molar-refractivity contribution in [2.75, 3.05) is 0 Å². The molecule has 0 saturated carbocycles. The topological polar surface area (TPSA) is 83.0 Å². The van der Waals surface area contributed by atoms with Crippen molar-refractivity contribution in [3.63, 3.8) is 0 Å². The van der Waals surface area contributed by atoms with Crippen LogP contribution in [-0.2, 0) is 0 Å². The van der Waals surface area contributed by atoms with E-state index in [2.05, 4.69) is 132 Å². The molecule has 16 rings (SSSR count). The Balaban J connectivity index is 0.948. The Morgan fingerprint density at radius 1 is 0.279 bits per heavy atom. The molecule has 0 aliphatic heterocycles. The number of furan rings is 3. The van der Waals surface area contributed by atoms with E-state index in [4.69, 9.17) is 28.2 Å². The Kier molecular flexibility index (Phi) is 6.95. The van der Waals surface area contributed by atoms with Gasteiger partial charge in [-0.15, -0.1) is 0 Å². The van der Waals surface area contributed by atoms with Crippen molar-refractivity contribution < 1.29 is 13.3 Å². The normalized spacial score (nSPS) is 12.4. The number of para-hydroxylation sites is 2. The molecule has 68 heavy (non-hydrogen) atoms. The first-order chi connectivity index (χ1) is 33.7. The maximum absolute atomic E-state index is 6.73. The highest BCUT2D eigenvalue weighted by Crippen LogP contribution is 2.48. The molecule has 0 aliphatic rings. The van der Waals surface area contributed by atoms with Crippen LogP contribution in [-0.4, -0.2) is 19.5 Å². The molecule has 0 amide bonds. The van der Waals surface area contributed by atoms with Crippen molar-refractivity contribution in [3.05, 3.63) is 194 Å². The first-order valence-corrected chi connectivity index (χ1v) is 22.8. The minimum Gasteiger partial charge on any atom is -0.456 e. The van der Waals surface area contributed by atoms with Gasteiger partial charge in [-0.05, 0) is 118 Å². The van der Waals surface area contributed by atoms with Gasteiger partial charge in [-0.25, -0.2) is 15.0 Å². The number of rotatable bonds is 4. The first kappa shape index (κ1) is 36.0. The highest BCUT2D eigenvalue weighted by Gasteiger charge is 2.24. The van der Waals surface area contributed by atoms with Gasteiger partial charge < -0.3 is 17.8 Å². The molecule has 5 aromatic heterocycles. The molecule has 314 valence electrons. The van der Waals surface area contributed by atoms with E-state index in [1.165, 1.54) is 43.1 Å². The molecule has 0 bridgehead atoms. The van der Waals surface area contributed by atoms with Crippen LogP contribution in [0.2, 0.25) is 0 Å². The van der Waals surface area contributed by atoms with Crippen LogP contribution in [0.4, 0.5) is 0 Å². The van der Waals surface area contributed by atoms with E-state index in [-0.39, 0.29) is 0 Å². The summed E-state index contributed by atoms with van der Waals surface area (Å²) in [7, 11) is 0. The molecule has 0 fully saturated rings. The summed E-state index contributed by atoms with van der Waals surface area (Å²) < 4.78 is 21.6. The SMILES string of the molecule is c1ccc2c(c1)cc1c3c2c2ccccc2c2cccc(c23)n1-c1cccc2oc3ccc(-c4nc(-c5ccc6oc7ccccc7c6c5)nc(-c5ccc6oc7ccccc7c6c5)n4)cc3c12. The second-order valence-electron chi connectivity index (χ2n) is 17.8. The highest BCUT2D eigenvalue weighted by atomic mass is 16.3. The Bertz CT molecular complexity index is 4680. The Morgan fingerprint density at radius 3 is 1.41 bits per heavy atom. The van der Waals surface area contributed by atoms with E-state index in [0.717, 1.165) is 99.2 Å². The van der Waals surface area contributed by atoms with Gasteiger partial charge in [0.15, 0.2) is 17.5 Å². The predicted octanol–water partition coefficient (Wildman–Crippen LogP) is 16.6. The molecule has 0 saturated heterocycles. The second kappa shape index (κ2) is 13.2. The summed E-state index contributed by atoms with van der Waals surface area (Å²) in [5.74, 6) is 1.67. The van der Waals surface area contributed by atoms with Crippen molar-refractivity contribution in [2.24, 2.45) is 0 Å². The summed E-state index contributed by atoms with van der Waals surface area (Å²) in [4.78, 5) is 15.7. The summed E-state index contributed by atoms with van der Waals surface area (Å²) in [5, 5.41) is 16.1. The monoisotopic (exact) mass is 868 g/mol. The van der Waals surface area contributed by atoms with Crippen molar-refractivity contribution in [1.82, 2.24) is 19.5 Å². The molecule has 5 heterocycles. The molecule has 0 spiro atoms. The van der Waals surface area contributed by atoms with E-state index >= 15 is 0 Å². The zero-order chi connectivity index (χ0) is 44.2. The molecule has 7 heteroatoms. The van der Waals surface area contributed by atoms with Crippen molar-refractivity contribution in [1.29, 1.82) is 0 Å². The molecular formula is C61H32N4O3. The molecule has 0 radical (unpaired) electrons. The molecular weight excluding hydrogens is 837 g/mol. The zero-order valence-corrected chi connectivity index (χ0v) is 36.0. The quantitative estimate of drug-likeness (QED) is 0.164. The van der Waals surface area contributed by atoms with Crippen LogP contribution in [0.25, 0.3) is 160 Å². The minimum atomic E-state index is 0.550. The average Bonchev–Trinajstić information content (AvgIpc) is 4.16. The number of nitrogens with zero attached hydrogens (tertiary/aromatic N) is 4. The smallest absolute Gasteiger partial charge is 0.164 e. The average molecular weight is 869 g/mol. The summed E-state index contributed by atoms with van der Waals surface area (Å²) in [6.45, 7) is 0. The molecule has 0 aliphatic carbocycles. The first-order valence-electron chi connectivity index (χ1n) is 22.8. The maximum Gasteiger partial charge on any atom is 0.164 e. The largest absolute Gasteiger partial charge is 0.456 e. The summed E-state index contributed by atoms with van der Waals surface area (Å²) in [5.41, 5.74) is 10.8. The highest BCUT2D eigenvalue weighted by molar-refractivity contribution is 6.39. The van der Waals surface area contributed by atoms with E-state index in [0.29, 0.717) is 17.5 Å². The summed E-state index contributed by atoms with van der Waals surface area (Å²) in [6.07, 6.45) is 0. The fourth-order valence-electron chi connectivity index (χ4n) is 11.2. The van der Waals surface area contributed by atoms with E-state index < -0.39 is 0 Å². The van der Waals surface area contributed by atoms with Gasteiger partial charge in [-0.1, -0.05) is 103 Å². The third-order valence-electron chi connectivity index (χ3n) is 14.2. The number of fused-ring (bicyclic) bond motifs is 14. The van der Waals surface area contributed by atoms with Crippen LogP contribution < -0.4 is 0 Å². The number of hydrogen-bond acceptors (Lipinski definition) is 6. The van der Waals surface area contributed by atoms with Gasteiger partial charge in [-0.2, -0.15) is 0 Å². The van der Waals surface area contributed by atoms with Crippen molar-refractivity contribution in [2.45, 2.75) is 0 Å². The Labute approximate surface area is 385 Å². The van der Waals surface area contributed by atoms with Crippen LogP contribution in [0.3, 0.4) is 0 Å². The van der Waals surface area contributed by atoms with E-state index in [1.54, 1.807) is 0 Å². The van der Waals surface area contributed by atoms with Gasteiger partial charge in [0.05, 0.1) is 22.1 Å². The lowest BCUT2D eigenvalue weighted by Crippen LogP contribution is -2.00. The summed E-state index contributed by atoms with van der Waals surface area (Å²) in [6, 6.07) is 67.9. The molecule has 0 atom stereocenters. The number of hydrogen-bond donors (Lipinski definition) is 0. The van der Waals surface area contributed by atoms with E-state index in [9.17, 15) is 0 Å². The fraction of sp³-hybridized carbons (Fsp3) is 0. The number of benzene rings is 11. The lowest BCUT2D eigenvalue weighted by Gasteiger charge is -2.12. The second-order valence-corrected chi connectivity index (χ2v) is 17.8. The minimum absolute atomic E-state index is 0.550. The van der Waals surface area contributed by atoms with Crippen molar-refractivity contribution in [3.8, 4) is 39.9 Å². The van der Waals surface area contributed by atoms with Crippen LogP contribution >= 0.6 is 0 Å². The van der Waals surface area contributed by atoms with Crippen LogP contribution in [0.1, 0.15) is 0 Å². The van der Waals surface area contributed by atoms with Crippen LogP contribution in [0.15, 0.2) is 207 Å². The Morgan fingerprint density at radius 2 is 0.750 bits per heavy atom. The van der Waals surface area contributed by atoms with E-state index in [1.807, 2.05) is 66.7 Å². The third kappa shape index (κ3) is 4.88. The van der Waals surface area contributed by atoms with Gasteiger partial charge in [-0.3, -0.25) is 0 Å². The van der Waals surface area contributed by atoms with Crippen LogP contribution in [0, 0.1) is 0 Å². The summed E-state index contributed by atoms with van der Waals surface area (Å²) >= 11 is 0. The lowest BCUT2D eigenvalue weighted by molar-refractivity contribution is 0.668. The van der Waals surface area contributed by atoms with Gasteiger partial charge in [0.2, 0.25) is 0 Å². The fourth-order valence-corrected chi connectivity index (χ4v) is 11.2. The van der Waals surface area contributed by atoms with Crippen LogP contribution in [0.5, 0.6) is 0 Å². The zero-order valence-electron chi connectivity index (χ0n) is 36.0. The third-order valence-corrected chi connectivity index (χ3v) is 14.2. The van der Waals surface area contributed by atoms with Gasteiger partial charge in [0.1, 0.15) is 33.5 Å². The maximum atomic E-state index is 6.73. The standard InChI is InChI=1S/C61H32N4O3/c1-2-12-37-33(11-1)32-48-58-55(37)41-16-4-3-13-38(41)42-17-9-18-47(57(42)58)65(48)46-19-10-22-54-56(46)45-31-36(25-28-53(45)68-54)61-63-59(34-23-26-51-43(29-34)39-14-5-7-20-49(39)66-51)62-60(64-61)35-24-27-52-44(30-35)40-15-6-8-21-50(40)67-52/h1-32H. The molecule has 11 aromatic carbocycles. The lowest BCUT2D eigenvalue weighted by atomic mass is 9.91. The molecule has 16 aromatic rings. The van der Waals surface area contributed by atoms with Gasteiger partial charge in [0, 0.05) is 59.8 Å². The van der Waals surface area contributed by atoms with Crippen molar-refractivity contribution >= 4 is 120 Å². The van der Waals surface area contributed by atoms with Gasteiger partial charge in [0.25, 0.3) is 0 Å². The van der Waals surface area contributed by atoms with Gasteiger partial charge >= 0.3 is 0 Å². The predicted molar refractivity (Wildman–Crippen MR) is 276 cm³/mol. The number of aromatic nitrogens is 4. The molecule has 0 unspecified atom stereocenters. The molecule has 7 nitrogen and oxygen atoms in total.